The van der Waals surface area contributed by atoms with E-state index in [1.165, 1.54) is 5.01 Å². The number of hydrazine groups is 1. The molecule has 14 heavy (non-hydrogen) atoms. The minimum absolute atomic E-state index is 0.0123. The highest BCUT2D eigenvalue weighted by Gasteiger charge is 2.42. The Bertz CT molecular complexity index is 361. The predicted molar refractivity (Wildman–Crippen MR) is 50.7 cm³/mol. The Labute approximate surface area is 80.4 Å². The number of nitrogens with zero attached hydrogens (tertiary/aromatic N) is 3. The number of carbonyl (C=O) groups is 1. The third-order valence-electron chi connectivity index (χ3n) is 2.59. The maximum Gasteiger partial charge on any atom is 0.338 e. The number of carbonyl (C=O) groups excluding carboxylic acids is 1. The molecule has 0 spiro atoms. The molecule has 3 unspecified atom stereocenters. The Kier molecular flexibility index (Phi) is 1.38. The van der Waals surface area contributed by atoms with Crippen LogP contribution in [0.3, 0.4) is 0 Å². The summed E-state index contributed by atoms with van der Waals surface area (Å²) >= 11 is 0. The van der Waals surface area contributed by atoms with Gasteiger partial charge in [0.25, 0.3) is 0 Å². The normalized spacial score (nSPS) is 37.6. The van der Waals surface area contributed by atoms with Crippen molar-refractivity contribution in [2.45, 2.75) is 12.2 Å². The summed E-state index contributed by atoms with van der Waals surface area (Å²) in [6.45, 7) is 0. The lowest BCUT2D eigenvalue weighted by Gasteiger charge is -2.38. The quantitative estimate of drug-likeness (QED) is 0.540. The molecule has 6 nitrogen and oxygen atoms in total. The van der Waals surface area contributed by atoms with Gasteiger partial charge in [0, 0.05) is 12.4 Å². The highest BCUT2D eigenvalue weighted by Crippen LogP contribution is 2.23. The fraction of sp³-hybridized carbons (Fsp3) is 0.375. The minimum atomic E-state index is -0.164. The van der Waals surface area contributed by atoms with E-state index in [2.05, 4.69) is 20.7 Å². The molecule has 3 atom stereocenters. The van der Waals surface area contributed by atoms with Gasteiger partial charge in [-0.25, -0.2) is 14.8 Å². The fourth-order valence-electron chi connectivity index (χ4n) is 1.90. The predicted octanol–water partition coefficient (Wildman–Crippen LogP) is -0.533. The van der Waals surface area contributed by atoms with Gasteiger partial charge >= 0.3 is 6.03 Å². The van der Waals surface area contributed by atoms with Crippen LogP contribution in [0.2, 0.25) is 0 Å². The minimum Gasteiger partial charge on any atom is -0.329 e. The first-order valence-electron chi connectivity index (χ1n) is 4.44. The molecule has 0 aliphatic carbocycles. The van der Waals surface area contributed by atoms with Crippen molar-refractivity contribution in [1.82, 2.24) is 15.8 Å². The molecule has 3 aliphatic rings. The van der Waals surface area contributed by atoms with E-state index in [9.17, 15) is 4.79 Å². The van der Waals surface area contributed by atoms with E-state index >= 15 is 0 Å². The number of urea groups is 1. The van der Waals surface area contributed by atoms with Crippen molar-refractivity contribution in [3.8, 4) is 0 Å². The summed E-state index contributed by atoms with van der Waals surface area (Å²) in [6.07, 6.45) is 6.78. The van der Waals surface area contributed by atoms with Gasteiger partial charge in [-0.1, -0.05) is 0 Å². The monoisotopic (exact) mass is 191 g/mol. The molecule has 3 rings (SSSR count). The maximum absolute atomic E-state index is 11.5. The maximum atomic E-state index is 11.5. The van der Waals surface area contributed by atoms with Gasteiger partial charge in [0.2, 0.25) is 0 Å². The Balaban J connectivity index is 1.96. The van der Waals surface area contributed by atoms with Crippen molar-refractivity contribution in [3.05, 3.63) is 12.3 Å². The average molecular weight is 191 g/mol. The first-order chi connectivity index (χ1) is 6.86. The van der Waals surface area contributed by atoms with Gasteiger partial charge in [-0.2, -0.15) is 0 Å². The molecule has 2 amide bonds. The largest absolute Gasteiger partial charge is 0.338 e. The molecule has 3 heterocycles. The van der Waals surface area contributed by atoms with E-state index in [1.54, 1.807) is 12.5 Å². The van der Waals surface area contributed by atoms with Crippen LogP contribution in [-0.4, -0.2) is 35.8 Å². The summed E-state index contributed by atoms with van der Waals surface area (Å²) in [5.41, 5.74) is 2.79. The lowest BCUT2D eigenvalue weighted by molar-refractivity contribution is 0.128. The summed E-state index contributed by atoms with van der Waals surface area (Å²) in [5, 5.41) is 4.33. The molecule has 2 N–H and O–H groups in total. The molecule has 72 valence electrons. The first-order valence-corrected chi connectivity index (χ1v) is 4.44. The number of amides is 2. The third-order valence-corrected chi connectivity index (χ3v) is 2.59. The van der Waals surface area contributed by atoms with Gasteiger partial charge in [0.1, 0.15) is 6.34 Å². The number of hydrogen-bond donors (Lipinski definition) is 2. The first kappa shape index (κ1) is 7.54. The molecule has 1 fully saturated rings. The molecule has 0 saturated carbocycles. The van der Waals surface area contributed by atoms with E-state index in [-0.39, 0.29) is 24.2 Å². The lowest BCUT2D eigenvalue weighted by Crippen LogP contribution is -2.62. The van der Waals surface area contributed by atoms with Crippen LogP contribution in [0.1, 0.15) is 0 Å². The van der Waals surface area contributed by atoms with Crippen LogP contribution in [0, 0.1) is 5.92 Å². The van der Waals surface area contributed by atoms with Crippen LogP contribution in [0.25, 0.3) is 0 Å². The molecule has 1 saturated heterocycles. The van der Waals surface area contributed by atoms with Crippen LogP contribution in [-0.2, 0) is 0 Å². The number of fused-ring (bicyclic) bond motifs is 3. The second-order valence-electron chi connectivity index (χ2n) is 3.38. The van der Waals surface area contributed by atoms with E-state index in [0.717, 1.165) is 0 Å². The van der Waals surface area contributed by atoms with Gasteiger partial charge in [0.15, 0.2) is 6.17 Å². The summed E-state index contributed by atoms with van der Waals surface area (Å²) in [4.78, 5) is 19.8. The van der Waals surface area contributed by atoms with Crippen LogP contribution >= 0.6 is 0 Å². The molecule has 0 aromatic carbocycles. The summed E-state index contributed by atoms with van der Waals surface area (Å²) in [5.74, 6) is 0.115. The Morgan fingerprint density at radius 1 is 1.50 bits per heavy atom. The van der Waals surface area contributed by atoms with Crippen LogP contribution in [0.5, 0.6) is 0 Å². The standard InChI is InChI=1S/C8H9N5O/c14-8-12-6-1-2-9-3-5(6)7-10-4-11-13(7)8/h1-7H,(H,10,11)(H,12,14). The molecular formula is C8H9N5O. The van der Waals surface area contributed by atoms with Crippen LogP contribution < -0.4 is 10.7 Å². The molecule has 3 aliphatic heterocycles. The molecule has 0 aromatic rings. The van der Waals surface area contributed by atoms with Gasteiger partial charge in [-0.3, -0.25) is 10.4 Å². The van der Waals surface area contributed by atoms with Crippen molar-refractivity contribution in [3.63, 3.8) is 0 Å². The lowest BCUT2D eigenvalue weighted by atomic mass is 9.94. The van der Waals surface area contributed by atoms with Gasteiger partial charge in [0.05, 0.1) is 12.0 Å². The van der Waals surface area contributed by atoms with Crippen LogP contribution in [0.4, 0.5) is 4.79 Å². The van der Waals surface area contributed by atoms with Gasteiger partial charge < -0.3 is 5.32 Å². The molecule has 0 aromatic heterocycles. The van der Waals surface area contributed by atoms with Crippen molar-refractivity contribution in [2.24, 2.45) is 15.9 Å². The molecular weight excluding hydrogens is 182 g/mol. The van der Waals surface area contributed by atoms with Crippen LogP contribution in [0.15, 0.2) is 22.3 Å². The number of hydrogen-bond acceptors (Lipinski definition) is 4. The van der Waals surface area contributed by atoms with E-state index in [0.29, 0.717) is 0 Å². The van der Waals surface area contributed by atoms with E-state index in [1.807, 2.05) is 12.3 Å². The number of rotatable bonds is 0. The van der Waals surface area contributed by atoms with Crippen molar-refractivity contribution in [2.75, 3.05) is 0 Å². The molecule has 6 heteroatoms. The number of aliphatic imine (C=N–C) groups is 2. The zero-order valence-corrected chi connectivity index (χ0v) is 7.29. The zero-order chi connectivity index (χ0) is 9.54. The summed E-state index contributed by atoms with van der Waals surface area (Å²) in [6, 6.07) is -0.132. The Morgan fingerprint density at radius 2 is 2.43 bits per heavy atom. The summed E-state index contributed by atoms with van der Waals surface area (Å²) < 4.78 is 0. The van der Waals surface area contributed by atoms with E-state index in [4.69, 9.17) is 0 Å². The van der Waals surface area contributed by atoms with Crippen molar-refractivity contribution >= 4 is 18.6 Å². The van der Waals surface area contributed by atoms with E-state index < -0.39 is 0 Å². The number of nitrogens with one attached hydrogen (secondary N) is 2. The van der Waals surface area contributed by atoms with Crippen molar-refractivity contribution < 1.29 is 4.79 Å². The Hall–Kier alpha value is -1.85. The Morgan fingerprint density at radius 3 is 3.36 bits per heavy atom. The highest BCUT2D eigenvalue weighted by molar-refractivity contribution is 5.82. The third kappa shape index (κ3) is 0.876. The SMILES string of the molecule is O=C1NC2C=CN=CC2C2N=CNN12. The zero-order valence-electron chi connectivity index (χ0n) is 7.29. The summed E-state index contributed by atoms with van der Waals surface area (Å²) in [7, 11) is 0. The average Bonchev–Trinajstić information content (AvgIpc) is 2.67. The topological polar surface area (TPSA) is 69.1 Å². The van der Waals surface area contributed by atoms with Gasteiger partial charge in [-0.05, 0) is 6.08 Å². The smallest absolute Gasteiger partial charge is 0.329 e. The fourth-order valence-corrected chi connectivity index (χ4v) is 1.90. The molecule has 0 radical (unpaired) electrons. The highest BCUT2D eigenvalue weighted by atomic mass is 16.2. The second-order valence-corrected chi connectivity index (χ2v) is 3.38. The second kappa shape index (κ2) is 2.57. The van der Waals surface area contributed by atoms with Gasteiger partial charge in [-0.15, -0.1) is 0 Å². The van der Waals surface area contributed by atoms with Crippen molar-refractivity contribution in [1.29, 1.82) is 0 Å². The molecule has 0 bridgehead atoms.